The van der Waals surface area contributed by atoms with Gasteiger partial charge in [-0.3, -0.25) is 4.79 Å². The highest BCUT2D eigenvalue weighted by molar-refractivity contribution is 7.21. The van der Waals surface area contributed by atoms with E-state index >= 15 is 0 Å². The van der Waals surface area contributed by atoms with E-state index in [0.717, 1.165) is 22.5 Å². The molecule has 4 aromatic rings. The number of urea groups is 1. The summed E-state index contributed by atoms with van der Waals surface area (Å²) in [5, 5.41) is 3.50. The Kier molecular flexibility index (Phi) is 5.83. The summed E-state index contributed by atoms with van der Waals surface area (Å²) in [5.74, 6) is -0.109. The van der Waals surface area contributed by atoms with E-state index in [0.29, 0.717) is 53.7 Å². The van der Waals surface area contributed by atoms with Crippen LogP contribution in [0, 0.1) is 0 Å². The molecule has 0 spiro atoms. The first-order chi connectivity index (χ1) is 16.5. The Labute approximate surface area is 199 Å². The molecule has 0 unspecified atom stereocenters. The van der Waals surface area contributed by atoms with Crippen molar-refractivity contribution in [1.29, 1.82) is 0 Å². The minimum absolute atomic E-state index is 0.190. The average Bonchev–Trinajstić information content (AvgIpc) is 3.21. The lowest BCUT2D eigenvalue weighted by Gasteiger charge is -2.27. The zero-order valence-electron chi connectivity index (χ0n) is 18.2. The number of ether oxygens (including phenoxy) is 1. The molecular formula is C24H22N6O3S. The molecule has 1 saturated heterocycles. The monoisotopic (exact) mass is 474 g/mol. The van der Waals surface area contributed by atoms with Gasteiger partial charge >= 0.3 is 6.03 Å². The summed E-state index contributed by atoms with van der Waals surface area (Å²) >= 11 is 1.14. The molecule has 2 aromatic heterocycles. The van der Waals surface area contributed by atoms with Gasteiger partial charge in [-0.15, -0.1) is 11.3 Å². The molecule has 1 aliphatic heterocycles. The Morgan fingerprint density at radius 2 is 1.74 bits per heavy atom. The number of thiophene rings is 1. The van der Waals surface area contributed by atoms with Gasteiger partial charge in [0.2, 0.25) is 0 Å². The molecular weight excluding hydrogens is 452 g/mol. The third-order valence-corrected chi connectivity index (χ3v) is 6.64. The second-order valence-corrected chi connectivity index (χ2v) is 8.76. The number of benzene rings is 2. The number of carbonyl (C=O) groups is 2. The lowest BCUT2D eigenvalue weighted by atomic mass is 10.1. The number of nitrogens with two attached hydrogens (primary N) is 2. The molecule has 3 heterocycles. The highest BCUT2D eigenvalue weighted by atomic mass is 32.1. The van der Waals surface area contributed by atoms with E-state index in [1.807, 2.05) is 54.6 Å². The molecule has 9 nitrogen and oxygen atoms in total. The second-order valence-electron chi connectivity index (χ2n) is 7.76. The zero-order valence-corrected chi connectivity index (χ0v) is 19.0. The van der Waals surface area contributed by atoms with Crippen LogP contribution in [0.25, 0.3) is 32.9 Å². The van der Waals surface area contributed by atoms with Crippen LogP contribution >= 0.6 is 11.3 Å². The maximum absolute atomic E-state index is 12.7. The molecule has 0 atom stereocenters. The summed E-state index contributed by atoms with van der Waals surface area (Å²) in [7, 11) is 0. The number of hydrogen-bond acceptors (Lipinski definition) is 7. The predicted molar refractivity (Wildman–Crippen MR) is 133 cm³/mol. The van der Waals surface area contributed by atoms with Crippen LogP contribution in [0.5, 0.6) is 0 Å². The van der Waals surface area contributed by atoms with Crippen LogP contribution in [0.15, 0.2) is 54.6 Å². The first-order valence-corrected chi connectivity index (χ1v) is 11.5. The van der Waals surface area contributed by atoms with Crippen molar-refractivity contribution in [3.8, 4) is 22.6 Å². The number of nitrogens with one attached hydrogen (secondary N) is 1. The summed E-state index contributed by atoms with van der Waals surface area (Å²) in [6.45, 7) is 2.13. The fourth-order valence-electron chi connectivity index (χ4n) is 3.84. The van der Waals surface area contributed by atoms with Gasteiger partial charge in [0.15, 0.2) is 5.82 Å². The van der Waals surface area contributed by atoms with Crippen LogP contribution < -0.4 is 16.8 Å². The van der Waals surface area contributed by atoms with Crippen molar-refractivity contribution < 1.29 is 14.3 Å². The van der Waals surface area contributed by atoms with Gasteiger partial charge in [0.25, 0.3) is 5.91 Å². The first kappa shape index (κ1) is 21.8. The standard InChI is InChI=1S/C24H22N6O3S/c25-18-17-19(15-7-4-8-16(13-15)27-24(32)30-9-11-33-12-10-30)28-22(14-5-2-1-3-6-14)29-23(17)34-20(18)21(26)31/h1-8,13H,9-12,25H2,(H2,26,31)(H,27,32). The van der Waals surface area contributed by atoms with Gasteiger partial charge in [0.05, 0.1) is 30.0 Å². The summed E-state index contributed by atoms with van der Waals surface area (Å²) in [4.78, 5) is 36.6. The lowest BCUT2D eigenvalue weighted by Crippen LogP contribution is -2.43. The Bertz CT molecular complexity index is 1380. The lowest BCUT2D eigenvalue weighted by molar-refractivity contribution is 0.0564. The van der Waals surface area contributed by atoms with E-state index in [9.17, 15) is 9.59 Å². The number of nitrogens with zero attached hydrogens (tertiary/aromatic N) is 3. The van der Waals surface area contributed by atoms with Gasteiger partial charge in [0.1, 0.15) is 9.71 Å². The second kappa shape index (κ2) is 9.08. The predicted octanol–water partition coefficient (Wildman–Crippen LogP) is 3.57. The fourth-order valence-corrected chi connectivity index (χ4v) is 4.79. The number of nitrogen functional groups attached to an aromatic ring is 1. The summed E-state index contributed by atoms with van der Waals surface area (Å²) in [6.07, 6.45) is 0. The van der Waals surface area contributed by atoms with Gasteiger partial charge in [-0.25, -0.2) is 14.8 Å². The number of primary amides is 1. The van der Waals surface area contributed by atoms with Gasteiger partial charge in [0, 0.05) is 29.9 Å². The van der Waals surface area contributed by atoms with Crippen molar-refractivity contribution in [2.75, 3.05) is 37.4 Å². The molecule has 172 valence electrons. The average molecular weight is 475 g/mol. The topological polar surface area (TPSA) is 136 Å². The number of rotatable bonds is 4. The van der Waals surface area contributed by atoms with E-state index in [4.69, 9.17) is 21.2 Å². The molecule has 1 fully saturated rings. The van der Waals surface area contributed by atoms with Crippen molar-refractivity contribution in [2.45, 2.75) is 0 Å². The molecule has 0 saturated carbocycles. The SMILES string of the molecule is NC(=O)c1sc2nc(-c3ccccc3)nc(-c3cccc(NC(=O)N4CCOCC4)c3)c2c1N. The quantitative estimate of drug-likeness (QED) is 0.414. The summed E-state index contributed by atoms with van der Waals surface area (Å²) in [5.41, 5.74) is 14.9. The van der Waals surface area contributed by atoms with Gasteiger partial charge < -0.3 is 26.4 Å². The Morgan fingerprint density at radius 3 is 2.47 bits per heavy atom. The van der Waals surface area contributed by atoms with Crippen LogP contribution in [-0.2, 0) is 4.74 Å². The normalized spacial score (nSPS) is 13.7. The van der Waals surface area contributed by atoms with E-state index in [1.165, 1.54) is 0 Å². The third kappa shape index (κ3) is 4.16. The molecule has 34 heavy (non-hydrogen) atoms. The number of hydrogen-bond donors (Lipinski definition) is 3. The highest BCUT2D eigenvalue weighted by Crippen LogP contribution is 2.39. The van der Waals surface area contributed by atoms with Gasteiger partial charge in [-0.05, 0) is 12.1 Å². The molecule has 2 aromatic carbocycles. The summed E-state index contributed by atoms with van der Waals surface area (Å²) in [6, 6.07) is 16.7. The van der Waals surface area contributed by atoms with Crippen molar-refractivity contribution in [3.05, 3.63) is 59.5 Å². The van der Waals surface area contributed by atoms with Crippen molar-refractivity contribution in [2.24, 2.45) is 5.73 Å². The van der Waals surface area contributed by atoms with Crippen LogP contribution in [0.3, 0.4) is 0 Å². The Balaban J connectivity index is 1.60. The molecule has 5 rings (SSSR count). The third-order valence-electron chi connectivity index (χ3n) is 5.53. The van der Waals surface area contributed by atoms with Crippen LogP contribution in [-0.4, -0.2) is 53.1 Å². The number of anilines is 2. The Morgan fingerprint density at radius 1 is 1.00 bits per heavy atom. The maximum atomic E-state index is 12.7. The minimum atomic E-state index is -0.612. The van der Waals surface area contributed by atoms with E-state index in [2.05, 4.69) is 10.3 Å². The number of amides is 3. The molecule has 0 aliphatic carbocycles. The van der Waals surface area contributed by atoms with E-state index in [-0.39, 0.29) is 16.6 Å². The maximum Gasteiger partial charge on any atom is 0.321 e. The van der Waals surface area contributed by atoms with Crippen LogP contribution in [0.1, 0.15) is 9.67 Å². The van der Waals surface area contributed by atoms with E-state index in [1.54, 1.807) is 4.90 Å². The number of carbonyl (C=O) groups excluding carboxylic acids is 2. The molecule has 10 heteroatoms. The summed E-state index contributed by atoms with van der Waals surface area (Å²) < 4.78 is 5.32. The number of fused-ring (bicyclic) bond motifs is 1. The molecule has 1 aliphatic rings. The van der Waals surface area contributed by atoms with Crippen LogP contribution in [0.2, 0.25) is 0 Å². The van der Waals surface area contributed by atoms with Gasteiger partial charge in [-0.2, -0.15) is 0 Å². The van der Waals surface area contributed by atoms with Crippen molar-refractivity contribution in [3.63, 3.8) is 0 Å². The molecule has 3 amide bonds. The molecule has 0 bridgehead atoms. The Hall–Kier alpha value is -4.02. The smallest absolute Gasteiger partial charge is 0.321 e. The van der Waals surface area contributed by atoms with Crippen molar-refractivity contribution in [1.82, 2.24) is 14.9 Å². The van der Waals surface area contributed by atoms with Crippen molar-refractivity contribution >= 4 is 44.9 Å². The largest absolute Gasteiger partial charge is 0.397 e. The fraction of sp³-hybridized carbons (Fsp3) is 0.167. The first-order valence-electron chi connectivity index (χ1n) is 10.7. The zero-order chi connectivity index (χ0) is 23.7. The highest BCUT2D eigenvalue weighted by Gasteiger charge is 2.22. The number of morpholine rings is 1. The van der Waals surface area contributed by atoms with E-state index < -0.39 is 5.91 Å². The minimum Gasteiger partial charge on any atom is -0.397 e. The molecule has 5 N–H and O–H groups in total. The molecule has 0 radical (unpaired) electrons. The van der Waals surface area contributed by atoms with Gasteiger partial charge in [-0.1, -0.05) is 42.5 Å². The van der Waals surface area contributed by atoms with Crippen LogP contribution in [0.4, 0.5) is 16.2 Å². The number of aromatic nitrogens is 2.